The van der Waals surface area contributed by atoms with Crippen LogP contribution in [0.1, 0.15) is 24.7 Å². The van der Waals surface area contributed by atoms with Gasteiger partial charge < -0.3 is 9.84 Å². The number of hydrogen-bond donors (Lipinski definition) is 1. The molecule has 1 aliphatic rings. The Kier molecular flexibility index (Phi) is 5.19. The zero-order valence-corrected chi connectivity index (χ0v) is 9.99. The van der Waals surface area contributed by atoms with E-state index in [9.17, 15) is 5.11 Å². The smallest absolute Gasteiger partial charge is 0.150 e. The van der Waals surface area contributed by atoms with Gasteiger partial charge in [-0.2, -0.15) is 0 Å². The molecular weight excluding hydrogens is 235 g/mol. The van der Waals surface area contributed by atoms with Crippen molar-refractivity contribution in [2.24, 2.45) is 0 Å². The van der Waals surface area contributed by atoms with Crippen molar-refractivity contribution >= 4 is 8.41 Å². The summed E-state index contributed by atoms with van der Waals surface area (Å²) >= 11 is 0. The molecule has 19 heavy (non-hydrogen) atoms. The van der Waals surface area contributed by atoms with E-state index in [1.807, 2.05) is 54.6 Å². The van der Waals surface area contributed by atoms with E-state index in [0.717, 1.165) is 16.9 Å². The Bertz CT molecular complexity index is 513. The number of aliphatic hydroxyl groups is 1. The molecule has 1 aliphatic heterocycles. The van der Waals surface area contributed by atoms with Gasteiger partial charge in [0, 0.05) is 14.8 Å². The van der Waals surface area contributed by atoms with Crippen LogP contribution in [0.4, 0.5) is 0 Å². The summed E-state index contributed by atoms with van der Waals surface area (Å²) in [7, 11) is 0. The van der Waals surface area contributed by atoms with Crippen molar-refractivity contribution in [1.82, 2.24) is 0 Å². The second kappa shape index (κ2) is 6.44. The normalized spacial score (nSPS) is 20.3. The van der Waals surface area contributed by atoms with Crippen LogP contribution in [0.25, 0.3) is 0 Å². The quantitative estimate of drug-likeness (QED) is 0.791. The molecule has 0 fully saturated rings. The number of benzene rings is 2. The van der Waals surface area contributed by atoms with E-state index in [2.05, 4.69) is 0 Å². The molecule has 1 heterocycles. The molecule has 2 nitrogen and oxygen atoms in total. The minimum Gasteiger partial charge on any atom is -0.483 e. The molecule has 3 heteroatoms. The van der Waals surface area contributed by atoms with Crippen LogP contribution >= 0.6 is 0 Å². The first-order valence-electron chi connectivity index (χ1n) is 5.82. The van der Waals surface area contributed by atoms with Crippen LogP contribution in [0.5, 0.6) is 5.75 Å². The second-order valence-electron chi connectivity index (χ2n) is 4.33. The number of rotatable bonds is 1. The predicted molar refractivity (Wildman–Crippen MR) is 78.4 cm³/mol. The van der Waals surface area contributed by atoms with Crippen LogP contribution in [0.3, 0.4) is 0 Å². The largest absolute Gasteiger partial charge is 0.483 e. The summed E-state index contributed by atoms with van der Waals surface area (Å²) < 4.78 is 5.88. The summed E-state index contributed by atoms with van der Waals surface area (Å²) in [6.45, 7) is 0. The first-order chi connectivity index (χ1) is 8.34. The van der Waals surface area contributed by atoms with E-state index in [4.69, 9.17) is 4.74 Å². The Balaban J connectivity index is 0.000000902. The lowest BCUT2D eigenvalue weighted by atomic mass is 9.95. The Morgan fingerprint density at radius 2 is 1.58 bits per heavy atom. The SMILES string of the molecule is C.OC1Cc2ccccc2OC1c1ccccc1.[B]. The highest BCUT2D eigenvalue weighted by atomic mass is 16.5. The average Bonchev–Trinajstić information content (AvgIpc) is 2.39. The Labute approximate surface area is 116 Å². The maximum absolute atomic E-state index is 10.1. The molecule has 1 N–H and O–H groups in total. The Morgan fingerprint density at radius 3 is 2.32 bits per heavy atom. The fourth-order valence-electron chi connectivity index (χ4n) is 2.27. The summed E-state index contributed by atoms with van der Waals surface area (Å²) in [6, 6.07) is 17.8. The van der Waals surface area contributed by atoms with Crippen molar-refractivity contribution in [3.05, 3.63) is 65.7 Å². The average molecular weight is 253 g/mol. The van der Waals surface area contributed by atoms with E-state index in [1.165, 1.54) is 0 Å². The molecule has 3 rings (SSSR count). The van der Waals surface area contributed by atoms with Gasteiger partial charge in [0.2, 0.25) is 0 Å². The highest BCUT2D eigenvalue weighted by molar-refractivity contribution is 5.75. The molecule has 0 saturated heterocycles. The number of fused-ring (bicyclic) bond motifs is 1. The maximum atomic E-state index is 10.1. The second-order valence-corrected chi connectivity index (χ2v) is 4.33. The van der Waals surface area contributed by atoms with Gasteiger partial charge in [-0.1, -0.05) is 56.0 Å². The van der Waals surface area contributed by atoms with Crippen LogP contribution < -0.4 is 4.74 Å². The van der Waals surface area contributed by atoms with Crippen molar-refractivity contribution in [1.29, 1.82) is 0 Å². The molecule has 2 atom stereocenters. The highest BCUT2D eigenvalue weighted by Gasteiger charge is 2.29. The number of hydrogen-bond acceptors (Lipinski definition) is 2. The molecule has 0 aromatic heterocycles. The van der Waals surface area contributed by atoms with E-state index >= 15 is 0 Å². The highest BCUT2D eigenvalue weighted by Crippen LogP contribution is 2.34. The molecule has 0 bridgehead atoms. The molecule has 2 aromatic rings. The molecule has 0 aliphatic carbocycles. The summed E-state index contributed by atoms with van der Waals surface area (Å²) in [4.78, 5) is 0. The van der Waals surface area contributed by atoms with Crippen molar-refractivity contribution in [3.63, 3.8) is 0 Å². The Morgan fingerprint density at radius 1 is 0.947 bits per heavy atom. The van der Waals surface area contributed by atoms with Gasteiger partial charge in [0.25, 0.3) is 0 Å². The topological polar surface area (TPSA) is 29.5 Å². The van der Waals surface area contributed by atoms with Crippen molar-refractivity contribution < 1.29 is 9.84 Å². The van der Waals surface area contributed by atoms with Crippen molar-refractivity contribution in [2.45, 2.75) is 26.1 Å². The van der Waals surface area contributed by atoms with Crippen molar-refractivity contribution in [2.75, 3.05) is 0 Å². The molecule has 2 aromatic carbocycles. The van der Waals surface area contributed by atoms with Crippen LogP contribution in [-0.4, -0.2) is 19.6 Å². The molecule has 97 valence electrons. The fourth-order valence-corrected chi connectivity index (χ4v) is 2.27. The van der Waals surface area contributed by atoms with Gasteiger partial charge in [-0.15, -0.1) is 0 Å². The van der Waals surface area contributed by atoms with Gasteiger partial charge in [-0.3, -0.25) is 0 Å². The molecule has 0 saturated carbocycles. The van der Waals surface area contributed by atoms with E-state index in [1.54, 1.807) is 0 Å². The van der Waals surface area contributed by atoms with Crippen molar-refractivity contribution in [3.8, 4) is 5.75 Å². The summed E-state index contributed by atoms with van der Waals surface area (Å²) in [5.41, 5.74) is 2.10. The summed E-state index contributed by atoms with van der Waals surface area (Å²) in [5.74, 6) is 0.881. The molecular formula is C16H18BO2. The van der Waals surface area contributed by atoms with E-state index in [-0.39, 0.29) is 21.9 Å². The van der Waals surface area contributed by atoms with Gasteiger partial charge in [0.05, 0.1) is 6.10 Å². The molecule has 0 amide bonds. The lowest BCUT2D eigenvalue weighted by Gasteiger charge is -2.30. The zero-order chi connectivity index (χ0) is 11.7. The fraction of sp³-hybridized carbons (Fsp3) is 0.250. The third kappa shape index (κ3) is 2.99. The minimum absolute atomic E-state index is 0. The first-order valence-corrected chi connectivity index (χ1v) is 5.82. The summed E-state index contributed by atoms with van der Waals surface area (Å²) in [5, 5.41) is 10.1. The Hall–Kier alpha value is -1.74. The maximum Gasteiger partial charge on any atom is 0.150 e. The van der Waals surface area contributed by atoms with Gasteiger partial charge in [0.1, 0.15) is 11.9 Å². The zero-order valence-electron chi connectivity index (χ0n) is 9.99. The van der Waals surface area contributed by atoms with E-state index in [0.29, 0.717) is 6.42 Å². The number of para-hydroxylation sites is 1. The van der Waals surface area contributed by atoms with Gasteiger partial charge >= 0.3 is 0 Å². The van der Waals surface area contributed by atoms with Crippen LogP contribution in [-0.2, 0) is 6.42 Å². The predicted octanol–water partition coefficient (Wildman–Crippen LogP) is 2.98. The lowest BCUT2D eigenvalue weighted by Crippen LogP contribution is -2.30. The first kappa shape index (κ1) is 15.3. The summed E-state index contributed by atoms with van der Waals surface area (Å²) in [6.07, 6.45) is -0.0890. The molecule has 0 spiro atoms. The standard InChI is InChI=1S/C15H14O2.CH4.B/c16-13-10-12-8-4-5-9-14(12)17-15(13)11-6-2-1-3-7-11;;/h1-9,13,15-16H,10H2;1H4;. The van der Waals surface area contributed by atoms with Gasteiger partial charge in [0.15, 0.2) is 0 Å². The molecule has 3 radical (unpaired) electrons. The monoisotopic (exact) mass is 253 g/mol. The molecule has 2 unspecified atom stereocenters. The number of aliphatic hydroxyl groups excluding tert-OH is 1. The van der Waals surface area contributed by atoms with Crippen LogP contribution in [0.15, 0.2) is 54.6 Å². The third-order valence-electron chi connectivity index (χ3n) is 3.13. The van der Waals surface area contributed by atoms with Crippen LogP contribution in [0, 0.1) is 0 Å². The van der Waals surface area contributed by atoms with E-state index < -0.39 is 6.10 Å². The lowest BCUT2D eigenvalue weighted by molar-refractivity contribution is 0.0208. The minimum atomic E-state index is -0.479. The third-order valence-corrected chi connectivity index (χ3v) is 3.13. The van der Waals surface area contributed by atoms with Gasteiger partial charge in [-0.05, 0) is 17.2 Å². The van der Waals surface area contributed by atoms with Crippen LogP contribution in [0.2, 0.25) is 0 Å². The number of ether oxygens (including phenoxy) is 1. The van der Waals surface area contributed by atoms with Gasteiger partial charge in [-0.25, -0.2) is 0 Å².